The van der Waals surface area contributed by atoms with Crippen LogP contribution < -0.4 is 10.1 Å². The van der Waals surface area contributed by atoms with E-state index < -0.39 is 6.10 Å². The number of phenolic OH excluding ortho intramolecular Hbond substituents is 3. The first-order valence-corrected chi connectivity index (χ1v) is 11.3. The maximum Gasteiger partial charge on any atom is 0.160 e. The van der Waals surface area contributed by atoms with Gasteiger partial charge in [0.15, 0.2) is 11.5 Å². The molecule has 0 fully saturated rings. The molecular weight excluding hydrogens is 410 g/mol. The third-order valence-electron chi connectivity index (χ3n) is 5.29. The summed E-state index contributed by atoms with van der Waals surface area (Å²) in [4.78, 5) is 0. The van der Waals surface area contributed by atoms with Crippen LogP contribution in [0, 0.1) is 0 Å². The van der Waals surface area contributed by atoms with Crippen molar-refractivity contribution < 1.29 is 29.9 Å². The Kier molecular flexibility index (Phi) is 11.7. The normalized spacial score (nSPS) is 12.1. The van der Waals surface area contributed by atoms with E-state index in [2.05, 4.69) is 5.32 Å². The second kappa shape index (κ2) is 14.6. The Morgan fingerprint density at radius 2 is 1.53 bits per heavy atom. The van der Waals surface area contributed by atoms with Gasteiger partial charge >= 0.3 is 0 Å². The van der Waals surface area contributed by atoms with Gasteiger partial charge in [0.05, 0.1) is 13.2 Å². The van der Waals surface area contributed by atoms with E-state index in [0.29, 0.717) is 17.9 Å². The third kappa shape index (κ3) is 9.77. The quantitative estimate of drug-likeness (QED) is 0.247. The van der Waals surface area contributed by atoms with Crippen LogP contribution in [0.1, 0.15) is 55.8 Å². The van der Waals surface area contributed by atoms with Crippen LogP contribution >= 0.6 is 0 Å². The van der Waals surface area contributed by atoms with Crippen LogP contribution in [0.3, 0.4) is 0 Å². The Hall–Kier alpha value is -2.48. The Morgan fingerprint density at radius 3 is 2.25 bits per heavy atom. The molecule has 0 aliphatic heterocycles. The molecule has 2 aromatic rings. The molecule has 1 unspecified atom stereocenters. The number of phenols is 3. The van der Waals surface area contributed by atoms with Crippen LogP contribution in [0.4, 0.5) is 0 Å². The molecule has 0 aliphatic carbocycles. The number of rotatable bonds is 16. The largest absolute Gasteiger partial charge is 0.508 e. The fourth-order valence-corrected chi connectivity index (χ4v) is 3.49. The molecule has 178 valence electrons. The minimum atomic E-state index is -0.766. The van der Waals surface area contributed by atoms with Crippen LogP contribution in [0.25, 0.3) is 0 Å². The van der Waals surface area contributed by atoms with Gasteiger partial charge in [-0.15, -0.1) is 0 Å². The van der Waals surface area contributed by atoms with Crippen molar-refractivity contribution in [2.24, 2.45) is 0 Å². The number of methoxy groups -OCH3 is 1. The van der Waals surface area contributed by atoms with Crippen molar-refractivity contribution in [3.8, 4) is 23.0 Å². The van der Waals surface area contributed by atoms with E-state index in [1.165, 1.54) is 18.2 Å². The summed E-state index contributed by atoms with van der Waals surface area (Å²) in [7, 11) is 1.56. The molecule has 0 bridgehead atoms. The third-order valence-corrected chi connectivity index (χ3v) is 5.29. The molecule has 7 nitrogen and oxygen atoms in total. The number of hydrogen-bond acceptors (Lipinski definition) is 7. The van der Waals surface area contributed by atoms with Gasteiger partial charge in [-0.25, -0.2) is 0 Å². The lowest BCUT2D eigenvalue weighted by atomic mass is 10.1. The molecule has 0 heterocycles. The molecule has 1 atom stereocenters. The van der Waals surface area contributed by atoms with Crippen molar-refractivity contribution in [2.75, 3.05) is 33.4 Å². The summed E-state index contributed by atoms with van der Waals surface area (Å²) in [6.45, 7) is 2.73. The van der Waals surface area contributed by atoms with Crippen LogP contribution in [0.15, 0.2) is 36.4 Å². The molecule has 0 spiro atoms. The molecule has 0 amide bonds. The molecule has 0 saturated carbocycles. The Bertz CT molecular complexity index is 778. The summed E-state index contributed by atoms with van der Waals surface area (Å²) >= 11 is 0. The van der Waals surface area contributed by atoms with Gasteiger partial charge in [0, 0.05) is 25.8 Å². The number of aliphatic hydroxyl groups excluding tert-OH is 1. The van der Waals surface area contributed by atoms with Crippen molar-refractivity contribution >= 4 is 0 Å². The molecule has 2 aromatic carbocycles. The second-order valence-corrected chi connectivity index (χ2v) is 7.99. The number of aliphatic hydroxyl groups is 1. The van der Waals surface area contributed by atoms with Gasteiger partial charge in [0.25, 0.3) is 0 Å². The molecule has 5 N–H and O–H groups in total. The molecule has 0 radical (unpaired) electrons. The highest BCUT2D eigenvalue weighted by Crippen LogP contribution is 2.27. The number of hydrogen-bond donors (Lipinski definition) is 5. The zero-order valence-corrected chi connectivity index (χ0v) is 18.9. The second-order valence-electron chi connectivity index (χ2n) is 7.99. The van der Waals surface area contributed by atoms with E-state index in [0.717, 1.165) is 70.3 Å². The first kappa shape index (κ1) is 25.8. The minimum Gasteiger partial charge on any atom is -0.508 e. The summed E-state index contributed by atoms with van der Waals surface area (Å²) in [5.41, 5.74) is 1.65. The topological polar surface area (TPSA) is 111 Å². The molecular formula is C25H37NO6. The summed E-state index contributed by atoms with van der Waals surface area (Å²) in [5, 5.41) is 41.9. The zero-order valence-electron chi connectivity index (χ0n) is 18.9. The Balaban J connectivity index is 1.40. The minimum absolute atomic E-state index is 0.0562. The van der Waals surface area contributed by atoms with Gasteiger partial charge in [-0.1, -0.05) is 18.9 Å². The summed E-state index contributed by atoms with van der Waals surface area (Å²) in [6.07, 6.45) is 6.49. The highest BCUT2D eigenvalue weighted by atomic mass is 16.5. The maximum absolute atomic E-state index is 10.1. The average Bonchev–Trinajstić information content (AvgIpc) is 2.77. The SMILES string of the molecule is COc1cc(CCCCOCCCCCCNCC(O)c2cc(O)cc(O)c2)ccc1O. The van der Waals surface area contributed by atoms with Crippen molar-refractivity contribution in [2.45, 2.75) is 51.0 Å². The summed E-state index contributed by atoms with van der Waals surface area (Å²) in [5.74, 6) is 0.572. The van der Waals surface area contributed by atoms with E-state index >= 15 is 0 Å². The standard InChI is InChI=1S/C25H37NO6/c1-31-25-14-19(9-10-23(25)29)8-4-7-13-32-12-6-3-2-5-11-26-18-24(30)20-15-21(27)17-22(28)16-20/h9-10,14-17,24,26-30H,2-8,11-13,18H2,1H3. The predicted molar refractivity (Wildman–Crippen MR) is 124 cm³/mol. The highest BCUT2D eigenvalue weighted by molar-refractivity contribution is 5.41. The first-order chi connectivity index (χ1) is 15.5. The van der Waals surface area contributed by atoms with Gasteiger partial charge in [-0.2, -0.15) is 0 Å². The van der Waals surface area contributed by atoms with Gasteiger partial charge in [-0.05, 0) is 74.0 Å². The van der Waals surface area contributed by atoms with E-state index in [9.17, 15) is 20.4 Å². The van der Waals surface area contributed by atoms with Crippen LogP contribution in [-0.2, 0) is 11.2 Å². The molecule has 0 saturated heterocycles. The summed E-state index contributed by atoms with van der Waals surface area (Å²) < 4.78 is 10.8. The number of nitrogens with one attached hydrogen (secondary N) is 1. The molecule has 0 aromatic heterocycles. The highest BCUT2D eigenvalue weighted by Gasteiger charge is 2.09. The average molecular weight is 448 g/mol. The zero-order chi connectivity index (χ0) is 23.2. The van der Waals surface area contributed by atoms with Crippen molar-refractivity contribution in [1.29, 1.82) is 0 Å². The van der Waals surface area contributed by atoms with Crippen LogP contribution in [0.5, 0.6) is 23.0 Å². The fourth-order valence-electron chi connectivity index (χ4n) is 3.49. The first-order valence-electron chi connectivity index (χ1n) is 11.3. The lowest BCUT2D eigenvalue weighted by Gasteiger charge is -2.13. The van der Waals surface area contributed by atoms with Crippen molar-refractivity contribution in [3.05, 3.63) is 47.5 Å². The number of ether oxygens (including phenoxy) is 2. The van der Waals surface area contributed by atoms with Crippen molar-refractivity contribution in [1.82, 2.24) is 5.32 Å². The van der Waals surface area contributed by atoms with Gasteiger partial charge in [0.2, 0.25) is 0 Å². The van der Waals surface area contributed by atoms with E-state index in [-0.39, 0.29) is 17.2 Å². The maximum atomic E-state index is 10.1. The monoisotopic (exact) mass is 447 g/mol. The predicted octanol–water partition coefficient (Wildman–Crippen LogP) is 4.03. The van der Waals surface area contributed by atoms with E-state index in [1.54, 1.807) is 13.2 Å². The Labute approximate surface area is 190 Å². The van der Waals surface area contributed by atoms with Crippen molar-refractivity contribution in [3.63, 3.8) is 0 Å². The smallest absolute Gasteiger partial charge is 0.160 e. The molecule has 2 rings (SSSR count). The van der Waals surface area contributed by atoms with Gasteiger partial charge < -0.3 is 35.2 Å². The fraction of sp³-hybridized carbons (Fsp3) is 0.520. The van der Waals surface area contributed by atoms with E-state index in [4.69, 9.17) is 9.47 Å². The number of benzene rings is 2. The number of unbranched alkanes of at least 4 members (excludes halogenated alkanes) is 4. The van der Waals surface area contributed by atoms with Gasteiger partial charge in [0.1, 0.15) is 11.5 Å². The molecule has 7 heteroatoms. The Morgan fingerprint density at radius 1 is 0.844 bits per heavy atom. The number of aromatic hydroxyl groups is 3. The summed E-state index contributed by atoms with van der Waals surface area (Å²) in [6, 6.07) is 9.62. The molecule has 0 aliphatic rings. The van der Waals surface area contributed by atoms with Gasteiger partial charge in [-0.3, -0.25) is 0 Å². The lowest BCUT2D eigenvalue weighted by molar-refractivity contribution is 0.126. The number of aryl methyl sites for hydroxylation is 1. The van der Waals surface area contributed by atoms with E-state index in [1.807, 2.05) is 12.1 Å². The lowest BCUT2D eigenvalue weighted by Crippen LogP contribution is -2.22. The molecule has 32 heavy (non-hydrogen) atoms. The van der Waals surface area contributed by atoms with Crippen LogP contribution in [-0.4, -0.2) is 53.8 Å². The van der Waals surface area contributed by atoms with Crippen LogP contribution in [0.2, 0.25) is 0 Å².